The summed E-state index contributed by atoms with van der Waals surface area (Å²) in [4.78, 5) is 24.2. The molecule has 0 heterocycles. The zero-order chi connectivity index (χ0) is 24.3. The van der Waals surface area contributed by atoms with Crippen LogP contribution < -0.4 is 20.2 Å². The maximum atomic E-state index is 13.1. The van der Waals surface area contributed by atoms with Crippen molar-refractivity contribution >= 4 is 18.0 Å². The molecule has 34 heavy (non-hydrogen) atoms. The van der Waals surface area contributed by atoms with Crippen molar-refractivity contribution in [2.24, 2.45) is 5.10 Å². The van der Waals surface area contributed by atoms with Crippen LogP contribution in [0.1, 0.15) is 36.6 Å². The highest BCUT2D eigenvalue weighted by Crippen LogP contribution is 2.29. The Bertz CT molecular complexity index is 1130. The van der Waals surface area contributed by atoms with Gasteiger partial charge in [0.05, 0.1) is 18.9 Å². The average Bonchev–Trinajstić information content (AvgIpc) is 2.85. The van der Waals surface area contributed by atoms with E-state index in [0.717, 1.165) is 11.1 Å². The van der Waals surface area contributed by atoms with Gasteiger partial charge in [0.2, 0.25) is 0 Å². The number of rotatable bonds is 9. The molecule has 0 radical (unpaired) electrons. The Kier molecular flexibility index (Phi) is 8.73. The van der Waals surface area contributed by atoms with Crippen molar-refractivity contribution in [3.63, 3.8) is 0 Å². The molecule has 2 amide bonds. The van der Waals surface area contributed by atoms with E-state index in [9.17, 15) is 14.0 Å². The molecule has 176 valence electrons. The zero-order valence-electron chi connectivity index (χ0n) is 19.0. The molecule has 1 atom stereocenters. The predicted octanol–water partition coefficient (Wildman–Crippen LogP) is 4.13. The summed E-state index contributed by atoms with van der Waals surface area (Å²) >= 11 is 0. The number of carbonyl (C=O) groups excluding carboxylic acids is 2. The van der Waals surface area contributed by atoms with Crippen molar-refractivity contribution < 1.29 is 23.5 Å². The van der Waals surface area contributed by atoms with Crippen molar-refractivity contribution in [1.82, 2.24) is 10.7 Å². The molecule has 0 saturated heterocycles. The van der Waals surface area contributed by atoms with Crippen LogP contribution in [-0.2, 0) is 16.2 Å². The van der Waals surface area contributed by atoms with E-state index in [1.165, 1.54) is 18.3 Å². The van der Waals surface area contributed by atoms with Crippen LogP contribution in [0.3, 0.4) is 0 Å². The number of nitrogens with zero attached hydrogens (tertiary/aromatic N) is 1. The molecule has 0 fully saturated rings. The summed E-state index contributed by atoms with van der Waals surface area (Å²) in [7, 11) is 0. The van der Waals surface area contributed by atoms with E-state index in [-0.39, 0.29) is 18.5 Å². The molecule has 2 N–H and O–H groups in total. The zero-order valence-corrected chi connectivity index (χ0v) is 19.0. The molecule has 0 saturated carbocycles. The van der Waals surface area contributed by atoms with Crippen molar-refractivity contribution in [3.8, 4) is 11.5 Å². The van der Waals surface area contributed by atoms with Crippen molar-refractivity contribution in [2.45, 2.75) is 26.5 Å². The first-order valence-corrected chi connectivity index (χ1v) is 10.8. The number of hydrogen-bond acceptors (Lipinski definition) is 5. The lowest BCUT2D eigenvalue weighted by atomic mass is 10.1. The van der Waals surface area contributed by atoms with Gasteiger partial charge in [-0.25, -0.2) is 9.82 Å². The smallest absolute Gasteiger partial charge is 0.329 e. The summed E-state index contributed by atoms with van der Waals surface area (Å²) < 4.78 is 24.5. The van der Waals surface area contributed by atoms with Gasteiger partial charge in [0.25, 0.3) is 0 Å². The summed E-state index contributed by atoms with van der Waals surface area (Å²) in [5.74, 6) is -0.954. The topological polar surface area (TPSA) is 89.0 Å². The highest BCUT2D eigenvalue weighted by molar-refractivity contribution is 6.35. The fourth-order valence-corrected chi connectivity index (χ4v) is 3.04. The second-order valence-electron chi connectivity index (χ2n) is 7.36. The number of benzene rings is 3. The van der Waals surface area contributed by atoms with Gasteiger partial charge in [-0.05, 0) is 60.9 Å². The first kappa shape index (κ1) is 24.4. The van der Waals surface area contributed by atoms with Gasteiger partial charge in [0.1, 0.15) is 12.4 Å². The number of carbonyl (C=O) groups is 2. The van der Waals surface area contributed by atoms with Gasteiger partial charge in [-0.15, -0.1) is 0 Å². The number of ether oxygens (including phenoxy) is 2. The summed E-state index contributed by atoms with van der Waals surface area (Å²) in [5, 5.41) is 6.48. The Morgan fingerprint density at radius 2 is 1.71 bits per heavy atom. The lowest BCUT2D eigenvalue weighted by Crippen LogP contribution is -2.39. The SMILES string of the molecule is CCOc1cc(/C=N\NC(=O)C(=O)N[C@H](C)c2ccccc2)ccc1OCc1ccc(F)cc1. The van der Waals surface area contributed by atoms with E-state index in [4.69, 9.17) is 9.47 Å². The first-order chi connectivity index (χ1) is 16.5. The Hall–Kier alpha value is -4.20. The fraction of sp³-hybridized carbons (Fsp3) is 0.192. The van der Waals surface area contributed by atoms with Crippen LogP contribution in [0.15, 0.2) is 77.9 Å². The Morgan fingerprint density at radius 3 is 2.41 bits per heavy atom. The lowest BCUT2D eigenvalue weighted by molar-refractivity contribution is -0.139. The quantitative estimate of drug-likeness (QED) is 0.284. The van der Waals surface area contributed by atoms with Crippen LogP contribution >= 0.6 is 0 Å². The molecule has 0 aliphatic heterocycles. The molecular weight excluding hydrogens is 437 g/mol. The van der Waals surface area contributed by atoms with Gasteiger partial charge in [-0.1, -0.05) is 42.5 Å². The summed E-state index contributed by atoms with van der Waals surface area (Å²) in [6.07, 6.45) is 1.40. The van der Waals surface area contributed by atoms with Gasteiger partial charge in [-0.2, -0.15) is 5.10 Å². The molecule has 7 nitrogen and oxygen atoms in total. The van der Waals surface area contributed by atoms with Crippen LogP contribution in [0.25, 0.3) is 0 Å². The Labute approximate surface area is 197 Å². The maximum absolute atomic E-state index is 13.1. The van der Waals surface area contributed by atoms with E-state index < -0.39 is 11.8 Å². The summed E-state index contributed by atoms with van der Waals surface area (Å²) in [6, 6.07) is 20.2. The third-order valence-electron chi connectivity index (χ3n) is 4.81. The van der Waals surface area contributed by atoms with Crippen LogP contribution in [0.5, 0.6) is 11.5 Å². The third-order valence-corrected chi connectivity index (χ3v) is 4.81. The predicted molar refractivity (Wildman–Crippen MR) is 127 cm³/mol. The van der Waals surface area contributed by atoms with Gasteiger partial charge in [-0.3, -0.25) is 9.59 Å². The molecule has 0 bridgehead atoms. The highest BCUT2D eigenvalue weighted by atomic mass is 19.1. The molecule has 3 aromatic carbocycles. The lowest BCUT2D eigenvalue weighted by Gasteiger charge is -2.13. The largest absolute Gasteiger partial charge is 0.490 e. The minimum atomic E-state index is -0.872. The number of hydrogen-bond donors (Lipinski definition) is 2. The molecule has 3 aromatic rings. The van der Waals surface area contributed by atoms with Crippen LogP contribution in [0.2, 0.25) is 0 Å². The molecule has 0 spiro atoms. The molecule has 3 rings (SSSR count). The first-order valence-electron chi connectivity index (χ1n) is 10.8. The summed E-state index contributed by atoms with van der Waals surface area (Å²) in [6.45, 7) is 4.31. The molecule has 0 aliphatic rings. The van der Waals surface area contributed by atoms with Crippen molar-refractivity contribution in [2.75, 3.05) is 6.61 Å². The molecule has 0 aliphatic carbocycles. The van der Waals surface area contributed by atoms with Crippen molar-refractivity contribution in [1.29, 1.82) is 0 Å². The van der Waals surface area contributed by atoms with Crippen LogP contribution in [-0.4, -0.2) is 24.6 Å². The maximum Gasteiger partial charge on any atom is 0.329 e. The highest BCUT2D eigenvalue weighted by Gasteiger charge is 2.16. The Balaban J connectivity index is 1.56. The Morgan fingerprint density at radius 1 is 0.971 bits per heavy atom. The van der Waals surface area contributed by atoms with E-state index >= 15 is 0 Å². The minimum Gasteiger partial charge on any atom is -0.490 e. The molecule has 0 unspecified atom stereocenters. The fourth-order valence-electron chi connectivity index (χ4n) is 3.04. The van der Waals surface area contributed by atoms with E-state index in [0.29, 0.717) is 23.7 Å². The monoisotopic (exact) mass is 463 g/mol. The van der Waals surface area contributed by atoms with Gasteiger partial charge < -0.3 is 14.8 Å². The minimum absolute atomic E-state index is 0.250. The second kappa shape index (κ2) is 12.2. The van der Waals surface area contributed by atoms with Crippen molar-refractivity contribution in [3.05, 3.63) is 95.3 Å². The van der Waals surface area contributed by atoms with E-state index in [2.05, 4.69) is 15.8 Å². The number of amides is 2. The van der Waals surface area contributed by atoms with Crippen LogP contribution in [0, 0.1) is 5.82 Å². The summed E-state index contributed by atoms with van der Waals surface area (Å²) in [5.41, 5.74) is 4.56. The molecule has 0 aromatic heterocycles. The standard InChI is InChI=1S/C26H26FN3O4/c1-3-33-24-15-20(11-14-23(24)34-17-19-9-12-22(27)13-10-19)16-28-30-26(32)25(31)29-18(2)21-7-5-4-6-8-21/h4-16,18H,3,17H2,1-2H3,(H,29,31)(H,30,32)/b28-16-/t18-/m1/s1. The number of halogens is 1. The van der Waals surface area contributed by atoms with Gasteiger partial charge in [0, 0.05) is 0 Å². The number of hydrazone groups is 1. The second-order valence-corrected chi connectivity index (χ2v) is 7.36. The average molecular weight is 464 g/mol. The van der Waals surface area contributed by atoms with E-state index in [1.807, 2.05) is 37.3 Å². The van der Waals surface area contributed by atoms with Gasteiger partial charge in [0.15, 0.2) is 11.5 Å². The van der Waals surface area contributed by atoms with Gasteiger partial charge >= 0.3 is 11.8 Å². The number of nitrogens with one attached hydrogen (secondary N) is 2. The normalized spacial score (nSPS) is 11.6. The van der Waals surface area contributed by atoms with E-state index in [1.54, 1.807) is 37.3 Å². The van der Waals surface area contributed by atoms with Crippen LogP contribution in [0.4, 0.5) is 4.39 Å². The molecule has 8 heteroatoms. The molecular formula is C26H26FN3O4. The third kappa shape index (κ3) is 7.16.